The molecule has 0 bridgehead atoms. The first kappa shape index (κ1) is 15.2. The number of amides is 3. The highest BCUT2D eigenvalue weighted by Gasteiger charge is 2.42. The van der Waals surface area contributed by atoms with E-state index in [1.807, 2.05) is 17.8 Å². The van der Waals surface area contributed by atoms with Gasteiger partial charge >= 0.3 is 6.03 Å². The van der Waals surface area contributed by atoms with Crippen molar-refractivity contribution in [3.8, 4) is 0 Å². The summed E-state index contributed by atoms with van der Waals surface area (Å²) < 4.78 is 0. The number of carbonyl (C=O) groups excluding carboxylic acids is 2. The molecule has 0 radical (unpaired) electrons. The van der Waals surface area contributed by atoms with Gasteiger partial charge in [-0.05, 0) is 18.9 Å². The number of fused-ring (bicyclic) bond motifs is 1. The van der Waals surface area contributed by atoms with Crippen molar-refractivity contribution in [3.05, 3.63) is 18.0 Å². The molecule has 3 heterocycles. The minimum atomic E-state index is -0.0431. The van der Waals surface area contributed by atoms with E-state index < -0.39 is 0 Å². The zero-order valence-corrected chi connectivity index (χ0v) is 13.1. The van der Waals surface area contributed by atoms with Crippen LogP contribution in [0, 0.1) is 0 Å². The fourth-order valence-electron chi connectivity index (χ4n) is 2.94. The molecular formula is C14H21N5O2S. The molecule has 2 fully saturated rings. The highest BCUT2D eigenvalue weighted by atomic mass is 32.2. The topological polar surface area (TPSA) is 98.9 Å². The molecule has 8 heteroatoms. The van der Waals surface area contributed by atoms with Gasteiger partial charge in [0.25, 0.3) is 0 Å². The van der Waals surface area contributed by atoms with Crippen molar-refractivity contribution in [2.75, 3.05) is 5.75 Å². The first-order valence-electron chi connectivity index (χ1n) is 7.66. The van der Waals surface area contributed by atoms with Gasteiger partial charge in [-0.2, -0.15) is 16.9 Å². The Morgan fingerprint density at radius 2 is 2.32 bits per heavy atom. The molecule has 0 aromatic carbocycles. The van der Waals surface area contributed by atoms with Crippen molar-refractivity contribution in [2.45, 2.75) is 49.6 Å². The van der Waals surface area contributed by atoms with Crippen LogP contribution in [0.1, 0.15) is 31.4 Å². The lowest BCUT2D eigenvalue weighted by Gasteiger charge is -2.16. The Morgan fingerprint density at radius 3 is 3.14 bits per heavy atom. The van der Waals surface area contributed by atoms with Crippen LogP contribution in [0.2, 0.25) is 0 Å². The largest absolute Gasteiger partial charge is 0.350 e. The average Bonchev–Trinajstić information content (AvgIpc) is 3.19. The Kier molecular flexibility index (Phi) is 4.87. The first-order valence-corrected chi connectivity index (χ1v) is 8.71. The zero-order chi connectivity index (χ0) is 15.4. The molecule has 3 amide bonds. The Hall–Kier alpha value is -1.70. The molecule has 0 aliphatic carbocycles. The van der Waals surface area contributed by atoms with E-state index in [-0.39, 0.29) is 24.0 Å². The molecule has 7 nitrogen and oxygen atoms in total. The molecule has 0 spiro atoms. The second kappa shape index (κ2) is 7.04. The highest BCUT2D eigenvalue weighted by Crippen LogP contribution is 2.33. The standard InChI is InChI=1S/C14H21N5O2S/c20-12(15-7-9-5-6-16-19-9)4-2-1-3-11-13-10(8-22-11)17-14(21)18-13/h5-6,10-11,13H,1-4,7-8H2,(H,15,20)(H,16,19)(H2,17,18,21)/t10-,11-,13-/m0/s1. The number of urea groups is 1. The van der Waals surface area contributed by atoms with E-state index in [1.165, 1.54) is 0 Å². The lowest BCUT2D eigenvalue weighted by Crippen LogP contribution is -2.36. The molecule has 3 atom stereocenters. The van der Waals surface area contributed by atoms with Gasteiger partial charge in [-0.25, -0.2) is 4.79 Å². The molecule has 120 valence electrons. The third-order valence-electron chi connectivity index (χ3n) is 4.12. The van der Waals surface area contributed by atoms with Crippen LogP contribution in [-0.4, -0.2) is 45.2 Å². The van der Waals surface area contributed by atoms with Crippen LogP contribution in [0.15, 0.2) is 12.3 Å². The van der Waals surface area contributed by atoms with E-state index in [0.717, 1.165) is 30.7 Å². The number of carbonyl (C=O) groups is 2. The molecule has 0 unspecified atom stereocenters. The number of hydrogen-bond donors (Lipinski definition) is 4. The predicted molar refractivity (Wildman–Crippen MR) is 84.4 cm³/mol. The second-order valence-corrected chi connectivity index (χ2v) is 7.00. The monoisotopic (exact) mass is 323 g/mol. The van der Waals surface area contributed by atoms with E-state index in [0.29, 0.717) is 18.2 Å². The van der Waals surface area contributed by atoms with Gasteiger partial charge in [0.15, 0.2) is 0 Å². The zero-order valence-electron chi connectivity index (χ0n) is 12.3. The minimum absolute atomic E-state index is 0.0431. The maximum atomic E-state index is 11.7. The Balaban J connectivity index is 1.29. The Labute approximate surface area is 133 Å². The molecular weight excluding hydrogens is 302 g/mol. The number of thioether (sulfide) groups is 1. The minimum Gasteiger partial charge on any atom is -0.350 e. The number of unbranched alkanes of at least 4 members (excludes halogenated alkanes) is 1. The number of aromatic nitrogens is 2. The SMILES string of the molecule is O=C(CCCC[C@@H]1SC[C@@H]2NC(=O)N[C@@H]21)NCc1ccn[nH]1. The lowest BCUT2D eigenvalue weighted by atomic mass is 10.0. The van der Waals surface area contributed by atoms with Gasteiger partial charge in [0.2, 0.25) is 5.91 Å². The first-order chi connectivity index (χ1) is 10.7. The molecule has 1 aromatic rings. The Bertz CT molecular complexity index is 521. The van der Waals surface area contributed by atoms with Crippen LogP contribution in [0.4, 0.5) is 4.79 Å². The van der Waals surface area contributed by atoms with Crippen molar-refractivity contribution in [3.63, 3.8) is 0 Å². The van der Waals surface area contributed by atoms with Crippen LogP contribution in [0.25, 0.3) is 0 Å². The number of nitrogens with zero attached hydrogens (tertiary/aromatic N) is 1. The maximum Gasteiger partial charge on any atom is 0.315 e. The average molecular weight is 323 g/mol. The molecule has 2 aliphatic heterocycles. The van der Waals surface area contributed by atoms with Crippen LogP contribution >= 0.6 is 11.8 Å². The van der Waals surface area contributed by atoms with Crippen molar-refractivity contribution in [1.29, 1.82) is 0 Å². The molecule has 1 aromatic heterocycles. The summed E-state index contributed by atoms with van der Waals surface area (Å²) in [5.74, 6) is 1.06. The van der Waals surface area contributed by atoms with Gasteiger partial charge in [0.1, 0.15) is 0 Å². The number of rotatable bonds is 7. The molecule has 2 saturated heterocycles. The maximum absolute atomic E-state index is 11.7. The van der Waals surface area contributed by atoms with E-state index in [9.17, 15) is 9.59 Å². The molecule has 22 heavy (non-hydrogen) atoms. The summed E-state index contributed by atoms with van der Waals surface area (Å²) in [4.78, 5) is 23.0. The van der Waals surface area contributed by atoms with Crippen LogP contribution in [0.3, 0.4) is 0 Å². The van der Waals surface area contributed by atoms with Gasteiger partial charge < -0.3 is 16.0 Å². The van der Waals surface area contributed by atoms with E-state index in [2.05, 4.69) is 26.1 Å². The van der Waals surface area contributed by atoms with Crippen molar-refractivity contribution >= 4 is 23.7 Å². The summed E-state index contributed by atoms with van der Waals surface area (Å²) in [6.45, 7) is 0.499. The number of aromatic amines is 1. The third kappa shape index (κ3) is 3.73. The smallest absolute Gasteiger partial charge is 0.315 e. The van der Waals surface area contributed by atoms with Crippen LogP contribution < -0.4 is 16.0 Å². The van der Waals surface area contributed by atoms with E-state index in [1.54, 1.807) is 6.20 Å². The van der Waals surface area contributed by atoms with Crippen molar-refractivity contribution in [2.24, 2.45) is 0 Å². The summed E-state index contributed by atoms with van der Waals surface area (Å²) in [5, 5.41) is 15.9. The van der Waals surface area contributed by atoms with Gasteiger partial charge in [-0.15, -0.1) is 0 Å². The summed E-state index contributed by atoms with van der Waals surface area (Å²) in [5.41, 5.74) is 0.909. The summed E-state index contributed by atoms with van der Waals surface area (Å²) in [7, 11) is 0. The molecule has 2 aliphatic rings. The highest BCUT2D eigenvalue weighted by molar-refractivity contribution is 8.00. The second-order valence-electron chi connectivity index (χ2n) is 5.73. The summed E-state index contributed by atoms with van der Waals surface area (Å²) in [6, 6.07) is 2.34. The molecule has 3 rings (SSSR count). The van der Waals surface area contributed by atoms with Crippen molar-refractivity contribution < 1.29 is 9.59 Å². The fraction of sp³-hybridized carbons (Fsp3) is 0.643. The fourth-order valence-corrected chi connectivity index (χ4v) is 4.48. The van der Waals surface area contributed by atoms with E-state index >= 15 is 0 Å². The number of nitrogens with one attached hydrogen (secondary N) is 4. The third-order valence-corrected chi connectivity index (χ3v) is 5.62. The molecule has 4 N–H and O–H groups in total. The van der Waals surface area contributed by atoms with Crippen molar-refractivity contribution in [1.82, 2.24) is 26.1 Å². The van der Waals surface area contributed by atoms with Crippen LogP contribution in [0.5, 0.6) is 0 Å². The van der Waals surface area contributed by atoms with E-state index in [4.69, 9.17) is 0 Å². The Morgan fingerprint density at radius 1 is 1.41 bits per heavy atom. The van der Waals surface area contributed by atoms with Gasteiger partial charge in [-0.1, -0.05) is 6.42 Å². The summed E-state index contributed by atoms with van der Waals surface area (Å²) >= 11 is 1.91. The van der Waals surface area contributed by atoms with Gasteiger partial charge in [0, 0.05) is 23.6 Å². The van der Waals surface area contributed by atoms with Gasteiger partial charge in [-0.3, -0.25) is 9.89 Å². The molecule has 0 saturated carbocycles. The summed E-state index contributed by atoms with van der Waals surface area (Å²) in [6.07, 6.45) is 5.15. The normalized spacial score (nSPS) is 26.4. The van der Waals surface area contributed by atoms with Crippen LogP contribution in [-0.2, 0) is 11.3 Å². The lowest BCUT2D eigenvalue weighted by molar-refractivity contribution is -0.121. The quantitative estimate of drug-likeness (QED) is 0.439. The van der Waals surface area contributed by atoms with Gasteiger partial charge in [0.05, 0.1) is 24.3 Å². The predicted octanol–water partition coefficient (Wildman–Crippen LogP) is 0.752. The number of H-pyrrole nitrogens is 1. The number of hydrogen-bond acceptors (Lipinski definition) is 4.